The lowest BCUT2D eigenvalue weighted by Crippen LogP contribution is -2.22. The Labute approximate surface area is 160 Å². The second kappa shape index (κ2) is 8.41. The van der Waals surface area contributed by atoms with Crippen molar-refractivity contribution >= 4 is 33.7 Å². The van der Waals surface area contributed by atoms with Gasteiger partial charge in [-0.2, -0.15) is 0 Å². The minimum Gasteiger partial charge on any atom is -0.481 e. The summed E-state index contributed by atoms with van der Waals surface area (Å²) in [6.45, 7) is 0. The number of aromatic nitrogens is 2. The minimum absolute atomic E-state index is 0.0503. The van der Waals surface area contributed by atoms with Gasteiger partial charge in [0.05, 0.1) is 6.42 Å². The third-order valence-corrected chi connectivity index (χ3v) is 4.21. The number of carbonyl (C=O) groups is 2. The molecule has 4 aromatic rings. The van der Waals surface area contributed by atoms with Gasteiger partial charge in [0.2, 0.25) is 0 Å². The molecule has 0 spiro atoms. The van der Waals surface area contributed by atoms with E-state index < -0.39 is 18.0 Å². The molecule has 0 aliphatic rings. The predicted octanol–water partition coefficient (Wildman–Crippen LogP) is 2.95. The van der Waals surface area contributed by atoms with Crippen LogP contribution in [0.4, 0.5) is 0 Å². The average Bonchev–Trinajstić information content (AvgIpc) is 3.23. The Hall–Kier alpha value is -3.58. The maximum atomic E-state index is 10.5. The number of rotatable bonds is 5. The molecule has 2 aromatic carbocycles. The molecule has 2 heterocycles. The molecule has 0 aliphatic heterocycles. The van der Waals surface area contributed by atoms with Crippen LogP contribution in [-0.2, 0) is 22.4 Å². The smallest absolute Gasteiger partial charge is 0.332 e. The molecule has 28 heavy (non-hydrogen) atoms. The van der Waals surface area contributed by atoms with Gasteiger partial charge in [-0.1, -0.05) is 36.4 Å². The van der Waals surface area contributed by atoms with Gasteiger partial charge in [-0.15, -0.1) is 0 Å². The van der Waals surface area contributed by atoms with E-state index in [1.54, 1.807) is 0 Å². The third kappa shape index (κ3) is 4.77. The molecule has 4 rings (SSSR count). The van der Waals surface area contributed by atoms with Crippen LogP contribution in [0.2, 0.25) is 0 Å². The predicted molar refractivity (Wildman–Crippen MR) is 105 cm³/mol. The summed E-state index contributed by atoms with van der Waals surface area (Å²) in [6.07, 6.45) is -1.20. The number of hydrogen-bond donors (Lipinski definition) is 5. The van der Waals surface area contributed by atoms with Crippen molar-refractivity contribution in [3.63, 3.8) is 0 Å². The lowest BCUT2D eigenvalue weighted by Gasteiger charge is -2.01. The fourth-order valence-electron chi connectivity index (χ4n) is 2.93. The van der Waals surface area contributed by atoms with E-state index in [1.165, 1.54) is 0 Å². The number of carboxylic acids is 2. The van der Waals surface area contributed by atoms with E-state index in [4.69, 9.17) is 10.2 Å². The number of fused-ring (bicyclic) bond motifs is 2. The van der Waals surface area contributed by atoms with Crippen LogP contribution in [0, 0.1) is 0 Å². The van der Waals surface area contributed by atoms with Crippen LogP contribution < -0.4 is 0 Å². The van der Waals surface area contributed by atoms with Gasteiger partial charge in [0.15, 0.2) is 6.10 Å². The van der Waals surface area contributed by atoms with Crippen LogP contribution in [0.5, 0.6) is 0 Å². The van der Waals surface area contributed by atoms with Crippen LogP contribution in [-0.4, -0.2) is 43.3 Å². The summed E-state index contributed by atoms with van der Waals surface area (Å²) >= 11 is 0. The lowest BCUT2D eigenvalue weighted by atomic mass is 10.2. The molecular weight excluding hydrogens is 360 g/mol. The van der Waals surface area contributed by atoms with Crippen molar-refractivity contribution in [1.82, 2.24) is 9.97 Å². The van der Waals surface area contributed by atoms with Crippen molar-refractivity contribution in [1.29, 1.82) is 0 Å². The number of hydrogen-bond acceptors (Lipinski definition) is 3. The highest BCUT2D eigenvalue weighted by molar-refractivity contribution is 5.82. The Bertz CT molecular complexity index is 1050. The van der Waals surface area contributed by atoms with Crippen molar-refractivity contribution in [2.24, 2.45) is 0 Å². The molecule has 7 nitrogen and oxygen atoms in total. The molecule has 1 atom stereocenters. The van der Waals surface area contributed by atoms with Crippen molar-refractivity contribution in [3.05, 3.63) is 72.1 Å². The van der Waals surface area contributed by atoms with E-state index in [-0.39, 0.29) is 12.8 Å². The summed E-state index contributed by atoms with van der Waals surface area (Å²) in [5.74, 6) is -2.01. The summed E-state index contributed by atoms with van der Waals surface area (Å²) in [5.41, 5.74) is 3.41. The summed E-state index contributed by atoms with van der Waals surface area (Å²) in [5, 5.41) is 28.4. The Balaban J connectivity index is 0.000000162. The zero-order valence-corrected chi connectivity index (χ0v) is 14.9. The minimum atomic E-state index is -1.35. The van der Waals surface area contributed by atoms with Crippen LogP contribution in [0.25, 0.3) is 21.8 Å². The number of para-hydroxylation sites is 2. The van der Waals surface area contributed by atoms with E-state index >= 15 is 0 Å². The standard InChI is InChI=1S/C11H11NO3.C10H9NO2/c13-10(11(14)15)6-8-5-7-3-1-2-4-9(7)12-8;12-10(13)6-8-5-7-3-1-2-4-9(7)11-8/h1-5,10,12-13H,6H2,(H,14,15);1-5,11H,6H2,(H,12,13). The Kier molecular flexibility index (Phi) is 5.76. The number of aliphatic carboxylic acids is 2. The second-order valence-electron chi connectivity index (χ2n) is 6.39. The van der Waals surface area contributed by atoms with Gasteiger partial charge in [0.25, 0.3) is 0 Å². The lowest BCUT2D eigenvalue weighted by molar-refractivity contribution is -0.146. The molecule has 144 valence electrons. The number of H-pyrrole nitrogens is 2. The second-order valence-corrected chi connectivity index (χ2v) is 6.39. The molecule has 2 aromatic heterocycles. The maximum absolute atomic E-state index is 10.5. The highest BCUT2D eigenvalue weighted by atomic mass is 16.4. The Morgan fingerprint density at radius 1 is 0.821 bits per heavy atom. The summed E-state index contributed by atoms with van der Waals surface area (Å²) in [4.78, 5) is 27.0. The normalized spacial score (nSPS) is 11.8. The molecule has 0 fully saturated rings. The highest BCUT2D eigenvalue weighted by Gasteiger charge is 2.14. The van der Waals surface area contributed by atoms with Crippen LogP contribution in [0.15, 0.2) is 60.7 Å². The van der Waals surface area contributed by atoms with Crippen molar-refractivity contribution in [2.45, 2.75) is 18.9 Å². The molecule has 0 saturated heterocycles. The third-order valence-electron chi connectivity index (χ3n) is 4.21. The molecule has 0 amide bonds. The molecule has 0 bridgehead atoms. The van der Waals surface area contributed by atoms with E-state index in [1.807, 2.05) is 60.7 Å². The number of aromatic amines is 2. The van der Waals surface area contributed by atoms with E-state index in [9.17, 15) is 14.7 Å². The van der Waals surface area contributed by atoms with Gasteiger partial charge in [0.1, 0.15) is 0 Å². The summed E-state index contributed by atoms with van der Waals surface area (Å²) < 4.78 is 0. The molecule has 7 heteroatoms. The summed E-state index contributed by atoms with van der Waals surface area (Å²) in [6, 6.07) is 19.1. The van der Waals surface area contributed by atoms with Gasteiger partial charge in [0, 0.05) is 28.8 Å². The first-order valence-electron chi connectivity index (χ1n) is 8.68. The van der Waals surface area contributed by atoms with E-state index in [0.717, 1.165) is 33.2 Å². The number of benzene rings is 2. The zero-order valence-electron chi connectivity index (χ0n) is 14.9. The average molecular weight is 380 g/mol. The van der Waals surface area contributed by atoms with Gasteiger partial charge in [-0.25, -0.2) is 4.79 Å². The number of carboxylic acid groups (broad SMARTS) is 2. The van der Waals surface area contributed by atoms with E-state index in [2.05, 4.69) is 9.97 Å². The maximum Gasteiger partial charge on any atom is 0.332 e. The number of aliphatic hydroxyl groups is 1. The number of aliphatic hydroxyl groups excluding tert-OH is 1. The van der Waals surface area contributed by atoms with Crippen LogP contribution >= 0.6 is 0 Å². The molecule has 5 N–H and O–H groups in total. The highest BCUT2D eigenvalue weighted by Crippen LogP contribution is 2.16. The first-order chi connectivity index (χ1) is 13.4. The molecule has 0 saturated carbocycles. The monoisotopic (exact) mass is 380 g/mol. The first kappa shape index (κ1) is 19.2. The zero-order chi connectivity index (χ0) is 20.1. The Morgan fingerprint density at radius 2 is 1.32 bits per heavy atom. The van der Waals surface area contributed by atoms with Gasteiger partial charge < -0.3 is 25.3 Å². The van der Waals surface area contributed by atoms with Gasteiger partial charge in [-0.3, -0.25) is 4.79 Å². The van der Waals surface area contributed by atoms with E-state index in [0.29, 0.717) is 0 Å². The fourth-order valence-corrected chi connectivity index (χ4v) is 2.93. The quantitative estimate of drug-likeness (QED) is 0.364. The first-order valence-corrected chi connectivity index (χ1v) is 8.68. The number of nitrogens with one attached hydrogen (secondary N) is 2. The van der Waals surface area contributed by atoms with Crippen molar-refractivity contribution in [3.8, 4) is 0 Å². The fraction of sp³-hybridized carbons (Fsp3) is 0.143. The largest absolute Gasteiger partial charge is 0.481 e. The van der Waals surface area contributed by atoms with Crippen LogP contribution in [0.3, 0.4) is 0 Å². The summed E-state index contributed by atoms with van der Waals surface area (Å²) in [7, 11) is 0. The molecule has 0 radical (unpaired) electrons. The Morgan fingerprint density at radius 3 is 1.82 bits per heavy atom. The molecule has 0 aliphatic carbocycles. The van der Waals surface area contributed by atoms with Gasteiger partial charge in [-0.05, 0) is 35.0 Å². The molecule has 1 unspecified atom stereocenters. The van der Waals surface area contributed by atoms with Crippen molar-refractivity contribution < 1.29 is 24.9 Å². The van der Waals surface area contributed by atoms with Crippen molar-refractivity contribution in [2.75, 3.05) is 0 Å². The SMILES string of the molecule is O=C(O)C(O)Cc1cc2ccccc2[nH]1.O=C(O)Cc1cc2ccccc2[nH]1. The van der Waals surface area contributed by atoms with Gasteiger partial charge >= 0.3 is 11.9 Å². The van der Waals surface area contributed by atoms with Crippen LogP contribution in [0.1, 0.15) is 11.4 Å². The topological polar surface area (TPSA) is 126 Å². The molecular formula is C21H20N2O5.